The zero-order valence-electron chi connectivity index (χ0n) is 15.7. The summed E-state index contributed by atoms with van der Waals surface area (Å²) in [5, 5.41) is 3.94. The summed E-state index contributed by atoms with van der Waals surface area (Å²) in [6.45, 7) is 3.48. The Kier molecular flexibility index (Phi) is 6.60. The van der Waals surface area contributed by atoms with Crippen LogP contribution in [0.2, 0.25) is 0 Å². The Bertz CT molecular complexity index is 967. The molecule has 0 bridgehead atoms. The van der Waals surface area contributed by atoms with Gasteiger partial charge in [0.1, 0.15) is 5.78 Å². The third-order valence-electron chi connectivity index (χ3n) is 3.95. The van der Waals surface area contributed by atoms with Crippen molar-refractivity contribution in [3.8, 4) is 11.4 Å². The summed E-state index contributed by atoms with van der Waals surface area (Å²) in [7, 11) is 0. The van der Waals surface area contributed by atoms with Gasteiger partial charge in [-0.05, 0) is 31.0 Å². The van der Waals surface area contributed by atoms with Crippen LogP contribution in [0, 0.1) is 0 Å². The highest BCUT2D eigenvalue weighted by molar-refractivity contribution is 8.00. The number of benzene rings is 2. The van der Waals surface area contributed by atoms with Gasteiger partial charge in [-0.15, -0.1) is 11.8 Å². The van der Waals surface area contributed by atoms with Crippen LogP contribution in [-0.2, 0) is 22.6 Å². The van der Waals surface area contributed by atoms with Crippen LogP contribution in [0.3, 0.4) is 0 Å². The molecule has 144 valence electrons. The molecule has 0 aliphatic rings. The van der Waals surface area contributed by atoms with Crippen LogP contribution < -0.4 is 0 Å². The third-order valence-corrected chi connectivity index (χ3v) is 5.17. The van der Waals surface area contributed by atoms with Crippen molar-refractivity contribution >= 4 is 23.5 Å². The van der Waals surface area contributed by atoms with Crippen LogP contribution >= 0.6 is 11.8 Å². The monoisotopic (exact) mass is 396 g/mol. The number of aromatic nitrogens is 2. The van der Waals surface area contributed by atoms with Gasteiger partial charge in [0.15, 0.2) is 6.61 Å². The molecule has 0 radical (unpaired) electrons. The fourth-order valence-electron chi connectivity index (χ4n) is 2.47. The van der Waals surface area contributed by atoms with Crippen LogP contribution in [0.5, 0.6) is 0 Å². The first-order valence-corrected chi connectivity index (χ1v) is 9.85. The maximum Gasteiger partial charge on any atom is 0.339 e. The van der Waals surface area contributed by atoms with E-state index in [1.807, 2.05) is 30.3 Å². The van der Waals surface area contributed by atoms with Gasteiger partial charge in [0.2, 0.25) is 5.82 Å². The lowest BCUT2D eigenvalue weighted by Crippen LogP contribution is -2.07. The molecule has 0 aliphatic heterocycles. The minimum atomic E-state index is -0.501. The second-order valence-corrected chi connectivity index (χ2v) is 7.14. The molecule has 7 heteroatoms. The largest absolute Gasteiger partial charge is 0.452 e. The van der Waals surface area contributed by atoms with E-state index in [0.717, 1.165) is 12.0 Å². The zero-order chi connectivity index (χ0) is 19.9. The first-order valence-electron chi connectivity index (χ1n) is 8.87. The van der Waals surface area contributed by atoms with Gasteiger partial charge in [0.25, 0.3) is 5.89 Å². The Labute approximate surface area is 167 Å². The van der Waals surface area contributed by atoms with E-state index in [4.69, 9.17) is 9.26 Å². The minimum Gasteiger partial charge on any atom is -0.452 e. The second-order valence-electron chi connectivity index (χ2n) is 6.13. The molecule has 0 aliphatic carbocycles. The number of hydrogen-bond donors (Lipinski definition) is 0. The van der Waals surface area contributed by atoms with Gasteiger partial charge in [0.05, 0.1) is 11.3 Å². The number of thioether (sulfide) groups is 1. The minimum absolute atomic E-state index is 0.0403. The van der Waals surface area contributed by atoms with Crippen molar-refractivity contribution in [3.63, 3.8) is 0 Å². The molecule has 0 saturated carbocycles. The predicted octanol–water partition coefficient (Wildman–Crippen LogP) is 4.34. The van der Waals surface area contributed by atoms with Crippen LogP contribution in [0.4, 0.5) is 0 Å². The Morgan fingerprint density at radius 2 is 1.86 bits per heavy atom. The van der Waals surface area contributed by atoms with E-state index < -0.39 is 5.97 Å². The number of hydrogen-bond acceptors (Lipinski definition) is 7. The first kappa shape index (κ1) is 19.8. The number of carbonyl (C=O) groups excluding carboxylic acids is 2. The maximum absolute atomic E-state index is 12.4. The van der Waals surface area contributed by atoms with E-state index in [-0.39, 0.29) is 18.3 Å². The molecule has 0 amide bonds. The van der Waals surface area contributed by atoms with Crippen molar-refractivity contribution in [1.82, 2.24) is 10.1 Å². The summed E-state index contributed by atoms with van der Waals surface area (Å²) in [6.07, 6.45) is 0.958. The van der Waals surface area contributed by atoms with E-state index in [2.05, 4.69) is 17.1 Å². The third kappa shape index (κ3) is 5.07. The van der Waals surface area contributed by atoms with Gasteiger partial charge in [-0.3, -0.25) is 4.79 Å². The second kappa shape index (κ2) is 9.32. The molecule has 6 nitrogen and oxygen atoms in total. The lowest BCUT2D eigenvalue weighted by molar-refractivity contribution is -0.114. The summed E-state index contributed by atoms with van der Waals surface area (Å²) >= 11 is 1.31. The molecule has 28 heavy (non-hydrogen) atoms. The highest BCUT2D eigenvalue weighted by Gasteiger charge is 2.16. The number of Topliss-reactive ketones (excluding diaryl/α,β-unsaturated/α-hetero) is 1. The Morgan fingerprint density at radius 3 is 2.57 bits per heavy atom. The van der Waals surface area contributed by atoms with Crippen molar-refractivity contribution in [2.45, 2.75) is 31.8 Å². The number of ketones is 1. The Hall–Kier alpha value is -2.93. The van der Waals surface area contributed by atoms with Gasteiger partial charge in [-0.25, -0.2) is 4.79 Å². The number of rotatable bonds is 8. The average molecular weight is 396 g/mol. The number of nitrogens with zero attached hydrogens (tertiary/aromatic N) is 2. The van der Waals surface area contributed by atoms with Crippen molar-refractivity contribution in [1.29, 1.82) is 0 Å². The molecule has 2 aromatic carbocycles. The van der Waals surface area contributed by atoms with E-state index in [9.17, 15) is 9.59 Å². The zero-order valence-corrected chi connectivity index (χ0v) is 16.5. The summed E-state index contributed by atoms with van der Waals surface area (Å²) in [4.78, 5) is 28.6. The van der Waals surface area contributed by atoms with Crippen molar-refractivity contribution in [2.24, 2.45) is 0 Å². The predicted molar refractivity (Wildman–Crippen MR) is 106 cm³/mol. The molecule has 0 saturated heterocycles. The summed E-state index contributed by atoms with van der Waals surface area (Å²) in [6, 6.07) is 14.9. The molecule has 3 rings (SSSR count). The molecule has 0 atom stereocenters. The lowest BCUT2D eigenvalue weighted by Gasteiger charge is -2.07. The standard InChI is InChI=1S/C21H20N2O4S/c1-3-15-8-10-16(11-9-15)20-22-19(27-23-20)12-26-21(25)17-6-4-5-7-18(17)28-13-14(2)24/h4-11H,3,12-13H2,1-2H3. The van der Waals surface area contributed by atoms with E-state index in [1.165, 1.54) is 24.2 Å². The van der Waals surface area contributed by atoms with Gasteiger partial charge in [-0.2, -0.15) is 4.98 Å². The van der Waals surface area contributed by atoms with Gasteiger partial charge >= 0.3 is 5.97 Å². The lowest BCUT2D eigenvalue weighted by atomic mass is 10.1. The van der Waals surface area contributed by atoms with Gasteiger partial charge in [-0.1, -0.05) is 48.5 Å². The van der Waals surface area contributed by atoms with E-state index in [0.29, 0.717) is 22.0 Å². The molecule has 0 spiro atoms. The molecule has 1 heterocycles. The molecule has 0 fully saturated rings. The Morgan fingerprint density at radius 1 is 1.11 bits per heavy atom. The number of aryl methyl sites for hydroxylation is 1. The normalized spacial score (nSPS) is 10.6. The summed E-state index contributed by atoms with van der Waals surface area (Å²) in [5.74, 6) is 0.508. The van der Waals surface area contributed by atoms with Gasteiger partial charge in [0, 0.05) is 10.5 Å². The molecule has 3 aromatic rings. The topological polar surface area (TPSA) is 82.3 Å². The van der Waals surface area contributed by atoms with E-state index >= 15 is 0 Å². The molecular weight excluding hydrogens is 376 g/mol. The van der Waals surface area contributed by atoms with Crippen LogP contribution in [0.15, 0.2) is 57.9 Å². The molecule has 0 unspecified atom stereocenters. The van der Waals surface area contributed by atoms with Crippen molar-refractivity contribution in [3.05, 3.63) is 65.5 Å². The highest BCUT2D eigenvalue weighted by Crippen LogP contribution is 2.24. The number of carbonyl (C=O) groups is 2. The maximum atomic E-state index is 12.4. The number of ether oxygens (including phenoxy) is 1. The summed E-state index contributed by atoms with van der Waals surface area (Å²) in [5.41, 5.74) is 2.47. The molecule has 1 aromatic heterocycles. The highest BCUT2D eigenvalue weighted by atomic mass is 32.2. The first-order chi connectivity index (χ1) is 13.6. The van der Waals surface area contributed by atoms with Crippen LogP contribution in [0.1, 0.15) is 35.7 Å². The number of esters is 1. The van der Waals surface area contributed by atoms with Crippen LogP contribution in [-0.4, -0.2) is 27.6 Å². The molecular formula is C21H20N2O4S. The van der Waals surface area contributed by atoms with Crippen LogP contribution in [0.25, 0.3) is 11.4 Å². The van der Waals surface area contributed by atoms with Gasteiger partial charge < -0.3 is 9.26 Å². The van der Waals surface area contributed by atoms with E-state index in [1.54, 1.807) is 18.2 Å². The fraction of sp³-hybridized carbons (Fsp3) is 0.238. The molecule has 0 N–H and O–H groups in total. The van der Waals surface area contributed by atoms with Crippen molar-refractivity contribution in [2.75, 3.05) is 5.75 Å². The SMILES string of the molecule is CCc1ccc(-c2noc(COC(=O)c3ccccc3SCC(C)=O)n2)cc1. The smallest absolute Gasteiger partial charge is 0.339 e. The fourth-order valence-corrected chi connectivity index (χ4v) is 3.31. The Balaban J connectivity index is 1.64. The quantitative estimate of drug-likeness (QED) is 0.414. The van der Waals surface area contributed by atoms with Crippen molar-refractivity contribution < 1.29 is 18.8 Å². The average Bonchev–Trinajstić information content (AvgIpc) is 3.20. The summed E-state index contributed by atoms with van der Waals surface area (Å²) < 4.78 is 10.5.